The van der Waals surface area contributed by atoms with Gasteiger partial charge in [0.25, 0.3) is 5.91 Å². The topological polar surface area (TPSA) is 59.8 Å². The molecule has 0 unspecified atom stereocenters. The molecule has 0 atom stereocenters. The molecule has 4 aromatic rings. The fraction of sp³-hybridized carbons (Fsp3) is 0.0556. The first kappa shape index (κ1) is 16.7. The van der Waals surface area contributed by atoms with Crippen LogP contribution in [0.1, 0.15) is 15.9 Å². The van der Waals surface area contributed by atoms with Gasteiger partial charge in [0.05, 0.1) is 22.0 Å². The van der Waals surface area contributed by atoms with Crippen LogP contribution in [0.2, 0.25) is 5.02 Å². The molecule has 0 aliphatic heterocycles. The number of fused-ring (bicyclic) bond motifs is 1. The molecule has 26 heavy (non-hydrogen) atoms. The van der Waals surface area contributed by atoms with Gasteiger partial charge in [-0.15, -0.1) is 0 Å². The Balaban J connectivity index is 1.49. The van der Waals surface area contributed by atoms with Crippen molar-refractivity contribution >= 4 is 39.1 Å². The molecule has 2 aromatic heterocycles. The lowest BCUT2D eigenvalue weighted by atomic mass is 10.2. The maximum absolute atomic E-state index is 13.3. The average Bonchev–Trinajstić information content (AvgIpc) is 3.25. The van der Waals surface area contributed by atoms with Crippen molar-refractivity contribution in [2.45, 2.75) is 6.54 Å². The Kier molecular flexibility index (Phi) is 4.40. The van der Waals surface area contributed by atoms with Crippen molar-refractivity contribution in [1.82, 2.24) is 20.1 Å². The van der Waals surface area contributed by atoms with E-state index in [0.717, 1.165) is 10.2 Å². The van der Waals surface area contributed by atoms with E-state index in [1.54, 1.807) is 16.9 Å². The Morgan fingerprint density at radius 2 is 2.12 bits per heavy atom. The van der Waals surface area contributed by atoms with E-state index in [0.29, 0.717) is 16.3 Å². The van der Waals surface area contributed by atoms with Gasteiger partial charge in [0, 0.05) is 17.8 Å². The number of thiazole rings is 1. The van der Waals surface area contributed by atoms with Gasteiger partial charge in [0.1, 0.15) is 5.82 Å². The third kappa shape index (κ3) is 3.44. The number of amides is 1. The van der Waals surface area contributed by atoms with Gasteiger partial charge in [-0.25, -0.2) is 14.1 Å². The van der Waals surface area contributed by atoms with Gasteiger partial charge in [0.2, 0.25) is 5.13 Å². The van der Waals surface area contributed by atoms with Gasteiger partial charge in [-0.3, -0.25) is 4.79 Å². The van der Waals surface area contributed by atoms with Gasteiger partial charge in [-0.2, -0.15) is 5.10 Å². The number of halogens is 2. The fourth-order valence-electron chi connectivity index (χ4n) is 2.50. The van der Waals surface area contributed by atoms with Crippen molar-refractivity contribution in [3.8, 4) is 5.13 Å². The van der Waals surface area contributed by atoms with Crippen molar-refractivity contribution in [2.24, 2.45) is 0 Å². The summed E-state index contributed by atoms with van der Waals surface area (Å²) in [5, 5.41) is 7.91. The fourth-order valence-corrected chi connectivity index (χ4v) is 3.64. The van der Waals surface area contributed by atoms with Crippen LogP contribution in [0, 0.1) is 5.82 Å². The summed E-state index contributed by atoms with van der Waals surface area (Å²) >= 11 is 7.31. The Hall–Kier alpha value is -2.77. The van der Waals surface area contributed by atoms with Crippen molar-refractivity contribution in [1.29, 1.82) is 0 Å². The summed E-state index contributed by atoms with van der Waals surface area (Å²) in [6, 6.07) is 11.9. The second kappa shape index (κ2) is 6.86. The van der Waals surface area contributed by atoms with E-state index >= 15 is 0 Å². The molecule has 8 heteroatoms. The Morgan fingerprint density at radius 1 is 1.27 bits per heavy atom. The van der Waals surface area contributed by atoms with Crippen molar-refractivity contribution < 1.29 is 9.18 Å². The number of aromatic nitrogens is 3. The summed E-state index contributed by atoms with van der Waals surface area (Å²) in [6.07, 6.45) is 3.09. The average molecular weight is 387 g/mol. The Morgan fingerprint density at radius 3 is 2.92 bits per heavy atom. The molecule has 5 nitrogen and oxygen atoms in total. The Bertz CT molecular complexity index is 1050. The van der Waals surface area contributed by atoms with E-state index < -0.39 is 5.82 Å². The molecule has 0 radical (unpaired) electrons. The van der Waals surface area contributed by atoms with Crippen molar-refractivity contribution in [3.05, 3.63) is 76.8 Å². The largest absolute Gasteiger partial charge is 0.348 e. The minimum Gasteiger partial charge on any atom is -0.348 e. The molecule has 0 aliphatic carbocycles. The van der Waals surface area contributed by atoms with E-state index in [4.69, 9.17) is 11.6 Å². The number of hydrogen-bond acceptors (Lipinski definition) is 4. The highest BCUT2D eigenvalue weighted by Crippen LogP contribution is 2.24. The van der Waals surface area contributed by atoms with Gasteiger partial charge in [-0.1, -0.05) is 35.1 Å². The van der Waals surface area contributed by atoms with Crippen LogP contribution in [0.4, 0.5) is 4.39 Å². The van der Waals surface area contributed by atoms with Crippen LogP contribution < -0.4 is 5.32 Å². The number of carbonyl (C=O) groups excluding carboxylic acids is 1. The standard InChI is InChI=1S/C18H12ClFN4OS/c19-13-5-11(6-14(20)7-13)8-21-17(25)12-9-22-24(10-12)18-23-15-3-1-2-4-16(15)26-18/h1-7,9-10H,8H2,(H,21,25). The molecule has 0 fully saturated rings. The van der Waals surface area contributed by atoms with E-state index in [2.05, 4.69) is 15.4 Å². The van der Waals surface area contributed by atoms with Gasteiger partial charge in [0.15, 0.2) is 0 Å². The third-order valence-electron chi connectivity index (χ3n) is 3.70. The molecule has 0 bridgehead atoms. The van der Waals surface area contributed by atoms with Crippen LogP contribution in [0.15, 0.2) is 54.9 Å². The quantitative estimate of drug-likeness (QED) is 0.571. The number of carbonyl (C=O) groups is 1. The van der Waals surface area contributed by atoms with Gasteiger partial charge in [-0.05, 0) is 35.9 Å². The van der Waals surface area contributed by atoms with E-state index in [9.17, 15) is 9.18 Å². The second-order valence-electron chi connectivity index (χ2n) is 5.60. The lowest BCUT2D eigenvalue weighted by Crippen LogP contribution is -2.22. The molecule has 0 aliphatic rings. The molecule has 0 saturated heterocycles. The maximum Gasteiger partial charge on any atom is 0.254 e. The zero-order valence-electron chi connectivity index (χ0n) is 13.3. The molecule has 2 heterocycles. The van der Waals surface area contributed by atoms with E-state index in [1.165, 1.54) is 29.7 Å². The molecule has 2 aromatic carbocycles. The SMILES string of the molecule is O=C(NCc1cc(F)cc(Cl)c1)c1cnn(-c2nc3ccccc3s2)c1. The summed E-state index contributed by atoms with van der Waals surface area (Å²) < 4.78 is 16.0. The normalized spacial score (nSPS) is 11.0. The molecular weight excluding hydrogens is 375 g/mol. The molecule has 0 spiro atoms. The lowest BCUT2D eigenvalue weighted by molar-refractivity contribution is 0.0951. The number of hydrogen-bond donors (Lipinski definition) is 1. The molecule has 1 amide bonds. The molecule has 130 valence electrons. The van der Waals surface area contributed by atoms with Crippen molar-refractivity contribution in [3.63, 3.8) is 0 Å². The van der Waals surface area contributed by atoms with Crippen LogP contribution >= 0.6 is 22.9 Å². The minimum atomic E-state index is -0.439. The van der Waals surface area contributed by atoms with Gasteiger partial charge < -0.3 is 5.32 Å². The summed E-state index contributed by atoms with van der Waals surface area (Å²) in [6.45, 7) is 0.169. The maximum atomic E-state index is 13.3. The molecule has 0 saturated carbocycles. The highest BCUT2D eigenvalue weighted by Gasteiger charge is 2.12. The van der Waals surface area contributed by atoms with Gasteiger partial charge >= 0.3 is 0 Å². The summed E-state index contributed by atoms with van der Waals surface area (Å²) in [7, 11) is 0. The first-order valence-corrected chi connectivity index (χ1v) is 8.92. The lowest BCUT2D eigenvalue weighted by Gasteiger charge is -2.04. The zero-order valence-corrected chi connectivity index (χ0v) is 14.9. The molecular formula is C18H12ClFN4OS. The van der Waals surface area contributed by atoms with Crippen LogP contribution in [0.5, 0.6) is 0 Å². The highest BCUT2D eigenvalue weighted by atomic mass is 35.5. The summed E-state index contributed by atoms with van der Waals surface area (Å²) in [5.41, 5.74) is 1.87. The number of benzene rings is 2. The monoisotopic (exact) mass is 386 g/mol. The number of para-hydroxylation sites is 1. The number of nitrogens with one attached hydrogen (secondary N) is 1. The zero-order chi connectivity index (χ0) is 18.1. The predicted molar refractivity (Wildman–Crippen MR) is 99.3 cm³/mol. The molecule has 4 rings (SSSR count). The Labute approximate surface area is 157 Å². The highest BCUT2D eigenvalue weighted by molar-refractivity contribution is 7.20. The van der Waals surface area contributed by atoms with Crippen LogP contribution in [0.25, 0.3) is 15.3 Å². The van der Waals surface area contributed by atoms with Crippen molar-refractivity contribution in [2.75, 3.05) is 0 Å². The predicted octanol–water partition coefficient (Wildman–Crippen LogP) is 4.20. The summed E-state index contributed by atoms with van der Waals surface area (Å²) in [5.74, 6) is -0.747. The van der Waals surface area contributed by atoms with Crippen LogP contribution in [-0.4, -0.2) is 20.7 Å². The number of rotatable bonds is 4. The van der Waals surface area contributed by atoms with E-state index in [1.807, 2.05) is 24.3 Å². The first-order valence-electron chi connectivity index (χ1n) is 7.72. The second-order valence-corrected chi connectivity index (χ2v) is 7.04. The summed E-state index contributed by atoms with van der Waals surface area (Å²) in [4.78, 5) is 16.8. The third-order valence-corrected chi connectivity index (χ3v) is 4.94. The number of nitrogens with zero attached hydrogens (tertiary/aromatic N) is 3. The van der Waals surface area contributed by atoms with Crippen LogP contribution in [-0.2, 0) is 6.54 Å². The van der Waals surface area contributed by atoms with Crippen LogP contribution in [0.3, 0.4) is 0 Å². The molecule has 1 N–H and O–H groups in total. The smallest absolute Gasteiger partial charge is 0.254 e. The first-order chi connectivity index (χ1) is 12.6. The minimum absolute atomic E-state index is 0.169. The van der Waals surface area contributed by atoms with E-state index in [-0.39, 0.29) is 17.5 Å².